The maximum Gasteiger partial charge on any atom is 0.334 e. The molecule has 0 aliphatic heterocycles. The third-order valence-electron chi connectivity index (χ3n) is 1.61. The lowest BCUT2D eigenvalue weighted by atomic mass is 10.2. The number of rotatable bonds is 6. The Morgan fingerprint density at radius 1 is 1.41 bits per heavy atom. The largest absolute Gasteiger partial charge is 0.458 e. The normalized spacial score (nSPS) is 15.1. The first kappa shape index (κ1) is 15.8. The SMILES string of the molecule is C[C@@H](O)[C@H](NOCC(=O)OC(C)(C)C)C(N)=O. The van der Waals surface area contributed by atoms with Gasteiger partial charge in [-0.1, -0.05) is 0 Å². The van der Waals surface area contributed by atoms with Gasteiger partial charge in [-0.15, -0.1) is 0 Å². The topological polar surface area (TPSA) is 111 Å². The highest BCUT2D eigenvalue weighted by atomic mass is 16.7. The van der Waals surface area contributed by atoms with Crippen LogP contribution in [0.3, 0.4) is 0 Å². The van der Waals surface area contributed by atoms with Crippen molar-refractivity contribution in [1.82, 2.24) is 5.48 Å². The molecule has 0 aromatic rings. The molecule has 0 spiro atoms. The molecule has 0 unspecified atom stereocenters. The first-order valence-electron chi connectivity index (χ1n) is 5.20. The molecule has 1 amide bonds. The molecule has 0 heterocycles. The minimum absolute atomic E-state index is 0.381. The summed E-state index contributed by atoms with van der Waals surface area (Å²) in [6, 6.07) is -1.07. The number of hydrogen-bond acceptors (Lipinski definition) is 6. The molecule has 0 aromatic heterocycles. The molecule has 4 N–H and O–H groups in total. The predicted molar refractivity (Wildman–Crippen MR) is 59.6 cm³/mol. The van der Waals surface area contributed by atoms with Gasteiger partial charge in [0.05, 0.1) is 6.10 Å². The Morgan fingerprint density at radius 3 is 2.29 bits per heavy atom. The number of nitrogens with two attached hydrogens (primary N) is 1. The second-order valence-electron chi connectivity index (χ2n) is 4.61. The fourth-order valence-electron chi connectivity index (χ4n) is 0.956. The third kappa shape index (κ3) is 7.67. The monoisotopic (exact) mass is 248 g/mol. The number of aliphatic hydroxyl groups excluding tert-OH is 1. The fourth-order valence-corrected chi connectivity index (χ4v) is 0.956. The van der Waals surface area contributed by atoms with Gasteiger partial charge in [0.15, 0.2) is 6.61 Å². The van der Waals surface area contributed by atoms with E-state index in [1.54, 1.807) is 20.8 Å². The van der Waals surface area contributed by atoms with E-state index in [9.17, 15) is 14.7 Å². The van der Waals surface area contributed by atoms with Crippen molar-refractivity contribution < 1.29 is 24.3 Å². The van der Waals surface area contributed by atoms with Crippen LogP contribution in [0.15, 0.2) is 0 Å². The van der Waals surface area contributed by atoms with E-state index in [0.717, 1.165) is 0 Å². The molecule has 7 nitrogen and oxygen atoms in total. The number of hydrogen-bond donors (Lipinski definition) is 3. The zero-order valence-electron chi connectivity index (χ0n) is 10.5. The van der Waals surface area contributed by atoms with Crippen molar-refractivity contribution >= 4 is 11.9 Å². The summed E-state index contributed by atoms with van der Waals surface area (Å²) < 4.78 is 4.96. The van der Waals surface area contributed by atoms with E-state index in [4.69, 9.17) is 15.3 Å². The molecular weight excluding hydrogens is 228 g/mol. The summed E-state index contributed by atoms with van der Waals surface area (Å²) >= 11 is 0. The minimum Gasteiger partial charge on any atom is -0.458 e. The van der Waals surface area contributed by atoms with Crippen molar-refractivity contribution in [1.29, 1.82) is 0 Å². The molecule has 0 radical (unpaired) electrons. The Hall–Kier alpha value is -1.18. The van der Waals surface area contributed by atoms with Crippen LogP contribution >= 0.6 is 0 Å². The van der Waals surface area contributed by atoms with Crippen molar-refractivity contribution in [2.75, 3.05) is 6.61 Å². The van der Waals surface area contributed by atoms with Gasteiger partial charge in [0, 0.05) is 0 Å². The predicted octanol–water partition coefficient (Wildman–Crippen LogP) is -0.916. The van der Waals surface area contributed by atoms with Gasteiger partial charge in [0.2, 0.25) is 5.91 Å². The highest BCUT2D eigenvalue weighted by Gasteiger charge is 2.22. The molecule has 0 saturated heterocycles. The number of primary amides is 1. The van der Waals surface area contributed by atoms with E-state index in [0.29, 0.717) is 0 Å². The van der Waals surface area contributed by atoms with E-state index in [-0.39, 0.29) is 6.61 Å². The zero-order valence-corrected chi connectivity index (χ0v) is 10.5. The van der Waals surface area contributed by atoms with Crippen LogP contribution in [-0.4, -0.2) is 41.3 Å². The highest BCUT2D eigenvalue weighted by Crippen LogP contribution is 2.06. The van der Waals surface area contributed by atoms with Gasteiger partial charge in [-0.05, 0) is 27.7 Å². The molecule has 0 aliphatic carbocycles. The average molecular weight is 248 g/mol. The summed E-state index contributed by atoms with van der Waals surface area (Å²) in [7, 11) is 0. The van der Waals surface area contributed by atoms with Gasteiger partial charge < -0.3 is 15.6 Å². The van der Waals surface area contributed by atoms with Crippen LogP contribution in [0.1, 0.15) is 27.7 Å². The Balaban J connectivity index is 3.98. The third-order valence-corrected chi connectivity index (χ3v) is 1.61. The van der Waals surface area contributed by atoms with E-state index in [1.807, 2.05) is 0 Å². The van der Waals surface area contributed by atoms with E-state index < -0.39 is 29.6 Å². The van der Waals surface area contributed by atoms with Crippen LogP contribution in [0.5, 0.6) is 0 Å². The van der Waals surface area contributed by atoms with Gasteiger partial charge in [-0.3, -0.25) is 9.63 Å². The van der Waals surface area contributed by atoms with Crippen molar-refractivity contribution in [2.45, 2.75) is 45.4 Å². The van der Waals surface area contributed by atoms with Gasteiger partial charge in [-0.25, -0.2) is 4.79 Å². The summed E-state index contributed by atoms with van der Waals surface area (Å²) in [6.45, 7) is 6.16. The first-order chi connectivity index (χ1) is 7.63. The lowest BCUT2D eigenvalue weighted by Crippen LogP contribution is -2.48. The van der Waals surface area contributed by atoms with E-state index >= 15 is 0 Å². The Morgan fingerprint density at radius 2 is 1.94 bits per heavy atom. The number of nitrogens with one attached hydrogen (secondary N) is 1. The van der Waals surface area contributed by atoms with E-state index in [2.05, 4.69) is 5.48 Å². The van der Waals surface area contributed by atoms with Crippen molar-refractivity contribution in [2.24, 2.45) is 5.73 Å². The molecule has 100 valence electrons. The number of aliphatic hydroxyl groups is 1. The average Bonchev–Trinajstić information content (AvgIpc) is 2.07. The van der Waals surface area contributed by atoms with Crippen LogP contribution in [-0.2, 0) is 19.2 Å². The number of ether oxygens (including phenoxy) is 1. The van der Waals surface area contributed by atoms with Crippen LogP contribution in [0.4, 0.5) is 0 Å². The van der Waals surface area contributed by atoms with Crippen molar-refractivity contribution in [3.63, 3.8) is 0 Å². The maximum atomic E-state index is 11.2. The molecule has 7 heteroatoms. The van der Waals surface area contributed by atoms with Crippen LogP contribution in [0.25, 0.3) is 0 Å². The summed E-state index contributed by atoms with van der Waals surface area (Å²) in [4.78, 5) is 26.8. The van der Waals surface area contributed by atoms with Gasteiger partial charge >= 0.3 is 5.97 Å². The lowest BCUT2D eigenvalue weighted by molar-refractivity contribution is -0.165. The highest BCUT2D eigenvalue weighted by molar-refractivity contribution is 5.80. The second kappa shape index (κ2) is 6.53. The number of hydroxylamine groups is 1. The maximum absolute atomic E-state index is 11.2. The molecular formula is C10H20N2O5. The standard InChI is InChI=1S/C10H20N2O5/c1-6(13)8(9(11)15)12-16-5-7(14)17-10(2,3)4/h6,8,12-13H,5H2,1-4H3,(H2,11,15)/t6-,8+/m1/s1. The smallest absolute Gasteiger partial charge is 0.334 e. The Bertz CT molecular complexity index is 272. The van der Waals surface area contributed by atoms with Crippen molar-refractivity contribution in [3.05, 3.63) is 0 Å². The summed E-state index contributed by atoms with van der Waals surface area (Å²) in [6.07, 6.45) is -1.02. The quantitative estimate of drug-likeness (QED) is 0.414. The van der Waals surface area contributed by atoms with Crippen molar-refractivity contribution in [3.8, 4) is 0 Å². The molecule has 0 bridgehead atoms. The number of amides is 1. The molecule has 17 heavy (non-hydrogen) atoms. The molecule has 0 fully saturated rings. The minimum atomic E-state index is -1.07. The van der Waals surface area contributed by atoms with E-state index in [1.165, 1.54) is 6.92 Å². The Labute approximate surface area is 100 Å². The molecule has 0 aliphatic rings. The van der Waals surface area contributed by atoms with Gasteiger partial charge in [0.25, 0.3) is 0 Å². The molecule has 0 aromatic carbocycles. The Kier molecular flexibility index (Phi) is 6.08. The molecule has 0 saturated carbocycles. The van der Waals surface area contributed by atoms with Gasteiger partial charge in [-0.2, -0.15) is 5.48 Å². The number of carbonyl (C=O) groups excluding carboxylic acids is 2. The lowest BCUT2D eigenvalue weighted by Gasteiger charge is -2.20. The summed E-state index contributed by atoms with van der Waals surface area (Å²) in [5.41, 5.74) is 6.61. The summed E-state index contributed by atoms with van der Waals surface area (Å²) in [5.74, 6) is -1.36. The van der Waals surface area contributed by atoms with Gasteiger partial charge in [0.1, 0.15) is 11.6 Å². The van der Waals surface area contributed by atoms with Crippen LogP contribution in [0, 0.1) is 0 Å². The fraction of sp³-hybridized carbons (Fsp3) is 0.800. The second-order valence-corrected chi connectivity index (χ2v) is 4.61. The van der Waals surface area contributed by atoms with Crippen LogP contribution < -0.4 is 11.2 Å². The molecule has 2 atom stereocenters. The first-order valence-corrected chi connectivity index (χ1v) is 5.20. The zero-order chi connectivity index (χ0) is 13.6. The molecule has 0 rings (SSSR count). The van der Waals surface area contributed by atoms with Crippen LogP contribution in [0.2, 0.25) is 0 Å². The number of carbonyl (C=O) groups is 2. The number of esters is 1. The summed E-state index contributed by atoms with van der Waals surface area (Å²) in [5, 5.41) is 9.17.